The molecule has 0 aromatic heterocycles. The van der Waals surface area contributed by atoms with Crippen LogP contribution in [0.4, 0.5) is 0 Å². The van der Waals surface area contributed by atoms with Gasteiger partial charge in [-0.2, -0.15) is 0 Å². The van der Waals surface area contributed by atoms with Gasteiger partial charge in [-0.1, -0.05) is 43.3 Å². The van der Waals surface area contributed by atoms with Gasteiger partial charge in [0.25, 0.3) is 0 Å². The Balaban J connectivity index is 2.75. The SMILES string of the molecule is CCc1ccc2ccccc2c1C(C)C(=O)O. The summed E-state index contributed by atoms with van der Waals surface area (Å²) >= 11 is 0. The number of hydrogen-bond acceptors (Lipinski definition) is 1. The Hall–Kier alpha value is -1.83. The van der Waals surface area contributed by atoms with E-state index in [-0.39, 0.29) is 0 Å². The zero-order chi connectivity index (χ0) is 12.4. The Bertz CT molecular complexity index is 558. The first-order chi connectivity index (χ1) is 8.15. The second kappa shape index (κ2) is 4.58. The minimum atomic E-state index is -0.768. The third-order valence-electron chi connectivity index (χ3n) is 3.25. The average Bonchev–Trinajstić information content (AvgIpc) is 2.36. The summed E-state index contributed by atoms with van der Waals surface area (Å²) in [5, 5.41) is 11.4. The first-order valence-electron chi connectivity index (χ1n) is 5.88. The molecule has 0 aliphatic carbocycles. The van der Waals surface area contributed by atoms with E-state index in [2.05, 4.69) is 13.0 Å². The van der Waals surface area contributed by atoms with Crippen LogP contribution in [0.25, 0.3) is 10.8 Å². The molecule has 0 spiro atoms. The van der Waals surface area contributed by atoms with Crippen molar-refractivity contribution in [2.24, 2.45) is 0 Å². The molecule has 88 valence electrons. The van der Waals surface area contributed by atoms with Crippen molar-refractivity contribution in [3.8, 4) is 0 Å². The fourth-order valence-corrected chi connectivity index (χ4v) is 2.28. The molecule has 0 bridgehead atoms. The van der Waals surface area contributed by atoms with Gasteiger partial charge in [0.1, 0.15) is 0 Å². The Morgan fingerprint density at radius 1 is 1.24 bits per heavy atom. The molecule has 0 heterocycles. The molecule has 2 rings (SSSR count). The van der Waals surface area contributed by atoms with Crippen molar-refractivity contribution in [2.45, 2.75) is 26.2 Å². The summed E-state index contributed by atoms with van der Waals surface area (Å²) in [7, 11) is 0. The molecule has 0 radical (unpaired) electrons. The number of carboxylic acids is 1. The monoisotopic (exact) mass is 228 g/mol. The van der Waals surface area contributed by atoms with Crippen LogP contribution in [0.15, 0.2) is 36.4 Å². The highest BCUT2D eigenvalue weighted by atomic mass is 16.4. The fraction of sp³-hybridized carbons (Fsp3) is 0.267. The van der Waals surface area contributed by atoms with Crippen molar-refractivity contribution in [1.29, 1.82) is 0 Å². The predicted octanol–water partition coefficient (Wildman–Crippen LogP) is 3.59. The summed E-state index contributed by atoms with van der Waals surface area (Å²) in [6, 6.07) is 12.1. The molecule has 1 N–H and O–H groups in total. The van der Waals surface area contributed by atoms with Crippen LogP contribution < -0.4 is 0 Å². The summed E-state index contributed by atoms with van der Waals surface area (Å²) < 4.78 is 0. The highest BCUT2D eigenvalue weighted by molar-refractivity contribution is 5.91. The minimum absolute atomic E-state index is 0.462. The number of benzene rings is 2. The lowest BCUT2D eigenvalue weighted by Crippen LogP contribution is -2.10. The van der Waals surface area contributed by atoms with Gasteiger partial charge in [-0.15, -0.1) is 0 Å². The minimum Gasteiger partial charge on any atom is -0.481 e. The molecule has 2 nitrogen and oxygen atoms in total. The zero-order valence-corrected chi connectivity index (χ0v) is 10.1. The zero-order valence-electron chi connectivity index (χ0n) is 10.1. The maximum absolute atomic E-state index is 11.2. The van der Waals surface area contributed by atoms with E-state index in [0.717, 1.165) is 28.3 Å². The Morgan fingerprint density at radius 2 is 1.94 bits per heavy atom. The summed E-state index contributed by atoms with van der Waals surface area (Å²) in [6.07, 6.45) is 0.859. The molecule has 17 heavy (non-hydrogen) atoms. The van der Waals surface area contributed by atoms with Crippen LogP contribution >= 0.6 is 0 Å². The molecule has 0 fully saturated rings. The van der Waals surface area contributed by atoms with Gasteiger partial charge < -0.3 is 5.11 Å². The van der Waals surface area contributed by atoms with E-state index in [1.807, 2.05) is 30.3 Å². The van der Waals surface area contributed by atoms with Crippen molar-refractivity contribution in [2.75, 3.05) is 0 Å². The van der Waals surface area contributed by atoms with Crippen molar-refractivity contribution in [1.82, 2.24) is 0 Å². The number of aryl methyl sites for hydroxylation is 1. The third kappa shape index (κ3) is 2.03. The van der Waals surface area contributed by atoms with Gasteiger partial charge in [-0.05, 0) is 35.2 Å². The lowest BCUT2D eigenvalue weighted by atomic mass is 9.89. The van der Waals surface area contributed by atoms with Gasteiger partial charge in [0.15, 0.2) is 0 Å². The van der Waals surface area contributed by atoms with Gasteiger partial charge in [-0.3, -0.25) is 4.79 Å². The van der Waals surface area contributed by atoms with Gasteiger partial charge >= 0.3 is 5.97 Å². The number of fused-ring (bicyclic) bond motifs is 1. The summed E-state index contributed by atoms with van der Waals surface area (Å²) in [5.41, 5.74) is 2.08. The van der Waals surface area contributed by atoms with Crippen LogP contribution in [0.2, 0.25) is 0 Å². The van der Waals surface area contributed by atoms with E-state index in [1.165, 1.54) is 0 Å². The van der Waals surface area contributed by atoms with E-state index >= 15 is 0 Å². The second-order valence-electron chi connectivity index (χ2n) is 4.27. The highest BCUT2D eigenvalue weighted by Gasteiger charge is 2.19. The van der Waals surface area contributed by atoms with Crippen LogP contribution in [0.3, 0.4) is 0 Å². The van der Waals surface area contributed by atoms with Gasteiger partial charge in [0.2, 0.25) is 0 Å². The third-order valence-corrected chi connectivity index (χ3v) is 3.25. The average molecular weight is 228 g/mol. The van der Waals surface area contributed by atoms with Crippen LogP contribution in [0, 0.1) is 0 Å². The molecule has 2 heteroatoms. The summed E-state index contributed by atoms with van der Waals surface area (Å²) in [4.78, 5) is 11.2. The van der Waals surface area contributed by atoms with E-state index in [4.69, 9.17) is 0 Å². The molecule has 1 atom stereocenters. The predicted molar refractivity (Wildman–Crippen MR) is 69.4 cm³/mol. The molecule has 0 aliphatic rings. The maximum Gasteiger partial charge on any atom is 0.310 e. The number of rotatable bonds is 3. The molecule has 0 aliphatic heterocycles. The highest BCUT2D eigenvalue weighted by Crippen LogP contribution is 2.29. The lowest BCUT2D eigenvalue weighted by Gasteiger charge is -2.15. The topological polar surface area (TPSA) is 37.3 Å². The lowest BCUT2D eigenvalue weighted by molar-refractivity contribution is -0.138. The normalized spacial score (nSPS) is 12.6. The van der Waals surface area contributed by atoms with E-state index in [9.17, 15) is 9.90 Å². The second-order valence-corrected chi connectivity index (χ2v) is 4.27. The molecule has 1 unspecified atom stereocenters. The van der Waals surface area contributed by atoms with Crippen LogP contribution in [0.5, 0.6) is 0 Å². The van der Waals surface area contributed by atoms with E-state index in [0.29, 0.717) is 0 Å². The largest absolute Gasteiger partial charge is 0.481 e. The molecule has 2 aromatic rings. The Labute approximate surface area is 101 Å². The number of aliphatic carboxylic acids is 1. The van der Waals surface area contributed by atoms with Crippen LogP contribution in [-0.2, 0) is 11.2 Å². The van der Waals surface area contributed by atoms with Gasteiger partial charge in [-0.25, -0.2) is 0 Å². The summed E-state index contributed by atoms with van der Waals surface area (Å²) in [6.45, 7) is 3.81. The quantitative estimate of drug-likeness (QED) is 0.871. The standard InChI is InChI=1S/C15H16O2/c1-3-11-8-9-12-6-4-5-7-13(12)14(11)10(2)15(16)17/h4-10H,3H2,1-2H3,(H,16,17). The molecular weight excluding hydrogens is 212 g/mol. The molecule has 2 aromatic carbocycles. The molecule has 0 saturated heterocycles. The fourth-order valence-electron chi connectivity index (χ4n) is 2.28. The first-order valence-corrected chi connectivity index (χ1v) is 5.88. The van der Waals surface area contributed by atoms with Crippen LogP contribution in [0.1, 0.15) is 30.9 Å². The van der Waals surface area contributed by atoms with Crippen molar-refractivity contribution in [3.05, 3.63) is 47.5 Å². The molecular formula is C15H16O2. The first kappa shape index (κ1) is 11.6. The molecule has 0 saturated carbocycles. The van der Waals surface area contributed by atoms with E-state index < -0.39 is 11.9 Å². The maximum atomic E-state index is 11.2. The van der Waals surface area contributed by atoms with E-state index in [1.54, 1.807) is 6.92 Å². The van der Waals surface area contributed by atoms with Gasteiger partial charge in [0, 0.05) is 0 Å². The number of carboxylic acid groups (broad SMARTS) is 1. The van der Waals surface area contributed by atoms with Crippen molar-refractivity contribution < 1.29 is 9.90 Å². The number of carbonyl (C=O) groups is 1. The van der Waals surface area contributed by atoms with Gasteiger partial charge in [0.05, 0.1) is 5.92 Å². The van der Waals surface area contributed by atoms with Crippen LogP contribution in [-0.4, -0.2) is 11.1 Å². The summed E-state index contributed by atoms with van der Waals surface area (Å²) in [5.74, 6) is -1.23. The Morgan fingerprint density at radius 3 is 2.59 bits per heavy atom. The molecule has 0 amide bonds. The van der Waals surface area contributed by atoms with Crippen molar-refractivity contribution >= 4 is 16.7 Å². The Kier molecular flexibility index (Phi) is 3.14. The van der Waals surface area contributed by atoms with Crippen molar-refractivity contribution in [3.63, 3.8) is 0 Å². The number of hydrogen-bond donors (Lipinski definition) is 1. The smallest absolute Gasteiger partial charge is 0.310 e.